The van der Waals surface area contributed by atoms with Crippen LogP contribution >= 0.6 is 12.2 Å². The van der Waals surface area contributed by atoms with Gasteiger partial charge in [-0.15, -0.1) is 0 Å². The van der Waals surface area contributed by atoms with E-state index in [-0.39, 0.29) is 23.9 Å². The van der Waals surface area contributed by atoms with Gasteiger partial charge in [-0.3, -0.25) is 4.90 Å². The van der Waals surface area contributed by atoms with Crippen LogP contribution in [0.5, 0.6) is 11.5 Å². The summed E-state index contributed by atoms with van der Waals surface area (Å²) in [4.78, 5) is 4.71. The molecule has 36 heavy (non-hydrogen) atoms. The minimum Gasteiger partial charge on any atom is -0.504 e. The number of nitrogens with zero attached hydrogens (tertiary/aromatic N) is 2. The zero-order valence-electron chi connectivity index (χ0n) is 20.8. The molecular formula is C29H35N3O3S. The van der Waals surface area contributed by atoms with Crippen LogP contribution in [0.1, 0.15) is 48.8 Å². The molecule has 5 aliphatic rings. The minimum absolute atomic E-state index is 0.00873. The Kier molecular flexibility index (Phi) is 5.12. The molecule has 2 aromatic carbocycles. The molecule has 0 unspecified atom stereocenters. The zero-order chi connectivity index (χ0) is 24.7. The number of hydrogen-bond donors (Lipinski definition) is 3. The second-order valence-electron chi connectivity index (χ2n) is 11.7. The van der Waals surface area contributed by atoms with Crippen LogP contribution in [-0.4, -0.2) is 69.1 Å². The number of nitrogens with one attached hydrogen (secondary N) is 1. The SMILES string of the molecule is CN(C(=S)NCc1ccccc1)[C@H]1CC[C@@]2(O)[C@@H]3Cc4ccc(O)c5c4[C@@]2(CCN3CC2CC2)[C@H]1O5. The molecule has 0 amide bonds. The normalized spacial score (nSPS) is 34.0. The van der Waals surface area contributed by atoms with Gasteiger partial charge < -0.3 is 25.2 Å². The second-order valence-corrected chi connectivity index (χ2v) is 12.0. The smallest absolute Gasteiger partial charge is 0.169 e. The molecule has 2 saturated carbocycles. The van der Waals surface area contributed by atoms with Gasteiger partial charge in [0, 0.05) is 31.7 Å². The summed E-state index contributed by atoms with van der Waals surface area (Å²) in [5, 5.41) is 27.6. The van der Waals surface area contributed by atoms with Crippen LogP contribution in [0, 0.1) is 5.92 Å². The highest BCUT2D eigenvalue weighted by molar-refractivity contribution is 7.80. The fourth-order valence-corrected chi connectivity index (χ4v) is 8.11. The Morgan fingerprint density at radius 2 is 1.97 bits per heavy atom. The molecule has 3 aliphatic carbocycles. The number of thiocarbonyl (C=S) groups is 1. The molecule has 3 N–H and O–H groups in total. The van der Waals surface area contributed by atoms with Crippen LogP contribution in [0.15, 0.2) is 42.5 Å². The van der Waals surface area contributed by atoms with E-state index in [2.05, 4.69) is 33.3 Å². The Morgan fingerprint density at radius 3 is 2.75 bits per heavy atom. The van der Waals surface area contributed by atoms with Crippen LogP contribution in [0.3, 0.4) is 0 Å². The molecule has 2 aliphatic heterocycles. The fraction of sp³-hybridized carbons (Fsp3) is 0.552. The molecule has 2 bridgehead atoms. The number of aliphatic hydroxyl groups is 1. The van der Waals surface area contributed by atoms with E-state index in [1.807, 2.05) is 25.2 Å². The molecule has 0 aromatic heterocycles. The van der Waals surface area contributed by atoms with Gasteiger partial charge in [0.25, 0.3) is 0 Å². The molecular weight excluding hydrogens is 470 g/mol. The van der Waals surface area contributed by atoms with E-state index in [4.69, 9.17) is 17.0 Å². The van der Waals surface area contributed by atoms with E-state index in [0.29, 0.717) is 23.8 Å². The highest BCUT2D eigenvalue weighted by Crippen LogP contribution is 2.66. The van der Waals surface area contributed by atoms with E-state index >= 15 is 0 Å². The van der Waals surface area contributed by atoms with Crippen LogP contribution in [0.2, 0.25) is 0 Å². The van der Waals surface area contributed by atoms with E-state index < -0.39 is 11.0 Å². The third kappa shape index (κ3) is 3.12. The number of phenols is 1. The number of likely N-dealkylation sites (N-methyl/N-ethyl adjacent to an activating group) is 1. The number of aromatic hydroxyl groups is 1. The average molecular weight is 506 g/mol. The van der Waals surface area contributed by atoms with Crippen molar-refractivity contribution in [2.75, 3.05) is 20.1 Å². The molecule has 190 valence electrons. The molecule has 7 heteroatoms. The van der Waals surface area contributed by atoms with E-state index in [1.54, 1.807) is 6.07 Å². The monoisotopic (exact) mass is 505 g/mol. The summed E-state index contributed by atoms with van der Waals surface area (Å²) >= 11 is 5.85. The van der Waals surface area contributed by atoms with Crippen molar-refractivity contribution >= 4 is 17.3 Å². The maximum Gasteiger partial charge on any atom is 0.169 e. The van der Waals surface area contributed by atoms with Crippen molar-refractivity contribution in [2.45, 2.75) is 74.3 Å². The lowest BCUT2D eigenvalue weighted by atomic mass is 9.48. The molecule has 3 fully saturated rings. The summed E-state index contributed by atoms with van der Waals surface area (Å²) in [6.07, 6.45) is 5.54. The summed E-state index contributed by atoms with van der Waals surface area (Å²) in [5.74, 6) is 1.56. The Morgan fingerprint density at radius 1 is 1.17 bits per heavy atom. The minimum atomic E-state index is -0.868. The van der Waals surface area contributed by atoms with Gasteiger partial charge in [0.2, 0.25) is 0 Å². The molecule has 2 heterocycles. The van der Waals surface area contributed by atoms with Crippen molar-refractivity contribution in [3.05, 3.63) is 59.2 Å². The summed E-state index contributed by atoms with van der Waals surface area (Å²) in [7, 11) is 2.04. The topological polar surface area (TPSA) is 68.2 Å². The van der Waals surface area contributed by atoms with Gasteiger partial charge in [0.1, 0.15) is 6.10 Å². The summed E-state index contributed by atoms with van der Waals surface area (Å²) in [5.41, 5.74) is 2.09. The Labute approximate surface area is 218 Å². The first-order chi connectivity index (χ1) is 17.4. The zero-order valence-corrected chi connectivity index (χ0v) is 21.6. The fourth-order valence-electron chi connectivity index (χ4n) is 7.90. The first-order valence-electron chi connectivity index (χ1n) is 13.5. The predicted octanol–water partition coefficient (Wildman–Crippen LogP) is 3.33. The lowest BCUT2D eigenvalue weighted by molar-refractivity contribution is -0.196. The Balaban J connectivity index is 1.23. The summed E-state index contributed by atoms with van der Waals surface area (Å²) < 4.78 is 6.69. The van der Waals surface area contributed by atoms with Gasteiger partial charge in [-0.1, -0.05) is 36.4 Å². The Hall–Kier alpha value is -2.35. The standard InChI is InChI=1S/C29H35N3O3S/c1-31(27(36)30-16-18-5-3-2-4-6-18)21-11-12-29(34)23-15-20-9-10-22(33)25-24(20)28(29,26(21)35-25)13-14-32(23)17-19-7-8-19/h2-6,9-10,19,21,23,26,33-34H,7-8,11-17H2,1H3,(H,30,36)/t21-,23-,26-,28-,29+/m0/s1. The molecule has 5 atom stereocenters. The van der Waals surface area contributed by atoms with Crippen LogP contribution in [-0.2, 0) is 18.4 Å². The number of benzene rings is 2. The van der Waals surface area contributed by atoms with Gasteiger partial charge in [-0.25, -0.2) is 0 Å². The quantitative estimate of drug-likeness (QED) is 0.539. The third-order valence-corrected chi connectivity index (χ3v) is 10.3. The molecule has 1 spiro atoms. The lowest BCUT2D eigenvalue weighted by Crippen LogP contribution is -2.78. The van der Waals surface area contributed by atoms with Gasteiger partial charge in [0.05, 0.1) is 17.1 Å². The number of rotatable bonds is 5. The maximum atomic E-state index is 12.6. The van der Waals surface area contributed by atoms with Gasteiger partial charge in [-0.05, 0) is 80.4 Å². The van der Waals surface area contributed by atoms with Gasteiger partial charge in [0.15, 0.2) is 16.6 Å². The first-order valence-corrected chi connectivity index (χ1v) is 13.9. The largest absolute Gasteiger partial charge is 0.504 e. The summed E-state index contributed by atoms with van der Waals surface area (Å²) in [6.45, 7) is 2.72. The van der Waals surface area contributed by atoms with Crippen LogP contribution in [0.25, 0.3) is 0 Å². The first kappa shape index (κ1) is 22.8. The van der Waals surface area contributed by atoms with Crippen LogP contribution in [0.4, 0.5) is 0 Å². The highest BCUT2D eigenvalue weighted by Gasteiger charge is 2.73. The average Bonchev–Trinajstić information content (AvgIpc) is 3.63. The number of piperidine rings is 1. The maximum absolute atomic E-state index is 12.6. The highest BCUT2D eigenvalue weighted by atomic mass is 32.1. The molecule has 7 rings (SSSR count). The van der Waals surface area contributed by atoms with E-state index in [0.717, 1.165) is 43.8 Å². The third-order valence-electron chi connectivity index (χ3n) is 9.84. The number of hydrogen-bond acceptors (Lipinski definition) is 5. The van der Waals surface area contributed by atoms with Gasteiger partial charge in [-0.2, -0.15) is 0 Å². The molecule has 2 aromatic rings. The van der Waals surface area contributed by atoms with Crippen molar-refractivity contribution in [1.82, 2.24) is 15.1 Å². The molecule has 1 saturated heterocycles. The van der Waals surface area contributed by atoms with E-state index in [9.17, 15) is 10.2 Å². The van der Waals surface area contributed by atoms with E-state index in [1.165, 1.54) is 24.0 Å². The number of phenolic OH excluding ortho intramolecular Hbond substituents is 1. The van der Waals surface area contributed by atoms with Crippen molar-refractivity contribution in [3.63, 3.8) is 0 Å². The van der Waals surface area contributed by atoms with Crippen molar-refractivity contribution in [1.29, 1.82) is 0 Å². The molecule has 6 nitrogen and oxygen atoms in total. The number of ether oxygens (including phenoxy) is 1. The summed E-state index contributed by atoms with van der Waals surface area (Å²) in [6, 6.07) is 14.2. The van der Waals surface area contributed by atoms with Gasteiger partial charge >= 0.3 is 0 Å². The van der Waals surface area contributed by atoms with Crippen molar-refractivity contribution in [2.24, 2.45) is 5.92 Å². The number of likely N-dealkylation sites (tertiary alicyclic amines) is 1. The second kappa shape index (κ2) is 8.07. The lowest BCUT2D eigenvalue weighted by Gasteiger charge is -2.64. The van der Waals surface area contributed by atoms with Crippen molar-refractivity contribution in [3.8, 4) is 11.5 Å². The van der Waals surface area contributed by atoms with Crippen LogP contribution < -0.4 is 10.1 Å². The molecule has 0 radical (unpaired) electrons. The van der Waals surface area contributed by atoms with Crippen molar-refractivity contribution < 1.29 is 14.9 Å². The predicted molar refractivity (Wildman–Crippen MR) is 142 cm³/mol. The Bertz CT molecular complexity index is 1200.